The van der Waals surface area contributed by atoms with Gasteiger partial charge in [-0.1, -0.05) is 20.3 Å². The Bertz CT molecular complexity index is 294. The summed E-state index contributed by atoms with van der Waals surface area (Å²) in [6, 6.07) is 0. The summed E-state index contributed by atoms with van der Waals surface area (Å²) in [5.41, 5.74) is -1.14. The van der Waals surface area contributed by atoms with Gasteiger partial charge in [-0.15, -0.1) is 0 Å². The second kappa shape index (κ2) is 3.96. The normalized spacial score (nSPS) is 47.6. The molecule has 0 bridgehead atoms. The maximum atomic E-state index is 11.1. The van der Waals surface area contributed by atoms with Gasteiger partial charge in [0.2, 0.25) is 0 Å². The first-order chi connectivity index (χ1) is 7.69. The van der Waals surface area contributed by atoms with E-state index in [0.29, 0.717) is 5.92 Å². The van der Waals surface area contributed by atoms with Crippen LogP contribution >= 0.6 is 0 Å². The van der Waals surface area contributed by atoms with Crippen LogP contribution in [-0.2, 0) is 0 Å². The van der Waals surface area contributed by atoms with E-state index in [-0.39, 0.29) is 11.3 Å². The summed E-state index contributed by atoms with van der Waals surface area (Å²) in [6.07, 6.45) is 6.40. The summed E-state index contributed by atoms with van der Waals surface area (Å²) in [7, 11) is 0. The molecule has 0 aromatic heterocycles. The second-order valence-corrected chi connectivity index (χ2v) is 7.37. The van der Waals surface area contributed by atoms with Gasteiger partial charge in [-0.25, -0.2) is 0 Å². The number of fused-ring (bicyclic) bond motifs is 1. The highest BCUT2D eigenvalue weighted by atomic mass is 16.3. The molecule has 0 aromatic carbocycles. The van der Waals surface area contributed by atoms with Gasteiger partial charge in [0.1, 0.15) is 0 Å². The SMILES string of the molecule is C[C@H]1CCC[C@]2(C)CC[C@@H](C(C)(C)O)C[C@@]12O. The lowest BCUT2D eigenvalue weighted by Gasteiger charge is -2.58. The van der Waals surface area contributed by atoms with Gasteiger partial charge in [-0.3, -0.25) is 0 Å². The zero-order valence-corrected chi connectivity index (χ0v) is 11.8. The molecule has 0 spiro atoms. The molecule has 2 rings (SSSR count). The van der Waals surface area contributed by atoms with E-state index < -0.39 is 11.2 Å². The fourth-order valence-corrected chi connectivity index (χ4v) is 4.21. The van der Waals surface area contributed by atoms with Crippen LogP contribution in [-0.4, -0.2) is 21.4 Å². The molecule has 4 atom stereocenters. The Morgan fingerprint density at radius 2 is 1.82 bits per heavy atom. The molecule has 0 radical (unpaired) electrons. The summed E-state index contributed by atoms with van der Waals surface area (Å²) >= 11 is 0. The van der Waals surface area contributed by atoms with E-state index in [0.717, 1.165) is 32.1 Å². The zero-order valence-electron chi connectivity index (χ0n) is 11.8. The third-order valence-electron chi connectivity index (χ3n) is 5.83. The van der Waals surface area contributed by atoms with Crippen LogP contribution in [0.4, 0.5) is 0 Å². The van der Waals surface area contributed by atoms with Crippen LogP contribution in [0.1, 0.15) is 66.2 Å². The molecule has 2 aliphatic rings. The van der Waals surface area contributed by atoms with Crippen molar-refractivity contribution in [1.29, 1.82) is 0 Å². The van der Waals surface area contributed by atoms with Gasteiger partial charge in [0, 0.05) is 0 Å². The second-order valence-electron chi connectivity index (χ2n) is 7.37. The summed E-state index contributed by atoms with van der Waals surface area (Å²) in [5, 5.41) is 21.3. The van der Waals surface area contributed by atoms with Gasteiger partial charge in [0.15, 0.2) is 0 Å². The first kappa shape index (κ1) is 13.4. The van der Waals surface area contributed by atoms with Crippen LogP contribution in [0.25, 0.3) is 0 Å². The molecule has 2 fully saturated rings. The van der Waals surface area contributed by atoms with Crippen molar-refractivity contribution in [3.63, 3.8) is 0 Å². The van der Waals surface area contributed by atoms with Gasteiger partial charge < -0.3 is 10.2 Å². The van der Waals surface area contributed by atoms with Crippen molar-refractivity contribution < 1.29 is 10.2 Å². The first-order valence-electron chi connectivity index (χ1n) is 7.14. The van der Waals surface area contributed by atoms with Crippen LogP contribution in [0, 0.1) is 17.3 Å². The number of aliphatic hydroxyl groups is 2. The molecular weight excluding hydrogens is 212 g/mol. The third kappa shape index (κ3) is 2.04. The standard InChI is InChI=1S/C15H28O2/c1-11-6-5-8-14(4)9-7-12(13(2,3)16)10-15(11,14)17/h11-12,16-17H,5-10H2,1-4H3/t11-,12+,14+,15+/m0/s1. The van der Waals surface area contributed by atoms with Gasteiger partial charge in [-0.2, -0.15) is 0 Å². The predicted molar refractivity (Wildman–Crippen MR) is 69.7 cm³/mol. The Labute approximate surface area is 105 Å². The maximum Gasteiger partial charge on any atom is 0.0730 e. The van der Waals surface area contributed by atoms with E-state index in [1.165, 1.54) is 6.42 Å². The lowest BCUT2D eigenvalue weighted by atomic mass is 9.51. The predicted octanol–water partition coefficient (Wildman–Crippen LogP) is 3.11. The topological polar surface area (TPSA) is 40.5 Å². The van der Waals surface area contributed by atoms with Crippen molar-refractivity contribution in [2.45, 2.75) is 77.4 Å². The molecule has 2 heteroatoms. The minimum atomic E-state index is -0.659. The maximum absolute atomic E-state index is 11.1. The van der Waals surface area contributed by atoms with Crippen molar-refractivity contribution in [2.75, 3.05) is 0 Å². The molecule has 0 heterocycles. The van der Waals surface area contributed by atoms with Gasteiger partial charge in [-0.05, 0) is 63.2 Å². The summed E-state index contributed by atoms with van der Waals surface area (Å²) in [4.78, 5) is 0. The van der Waals surface area contributed by atoms with Crippen molar-refractivity contribution in [1.82, 2.24) is 0 Å². The Hall–Kier alpha value is -0.0800. The Kier molecular flexibility index (Phi) is 3.11. The molecule has 2 saturated carbocycles. The molecule has 0 amide bonds. The van der Waals surface area contributed by atoms with Gasteiger partial charge in [0.25, 0.3) is 0 Å². The Morgan fingerprint density at radius 1 is 1.18 bits per heavy atom. The zero-order chi connectivity index (χ0) is 12.9. The number of rotatable bonds is 1. The molecular formula is C15H28O2. The molecule has 0 saturated heterocycles. The van der Waals surface area contributed by atoms with E-state index in [9.17, 15) is 10.2 Å². The third-order valence-corrected chi connectivity index (χ3v) is 5.83. The van der Waals surface area contributed by atoms with E-state index in [1.54, 1.807) is 0 Å². The van der Waals surface area contributed by atoms with Crippen molar-refractivity contribution >= 4 is 0 Å². The Morgan fingerprint density at radius 3 is 2.41 bits per heavy atom. The van der Waals surface area contributed by atoms with E-state index in [1.807, 2.05) is 13.8 Å². The van der Waals surface area contributed by atoms with Gasteiger partial charge in [0.05, 0.1) is 11.2 Å². The quantitative estimate of drug-likeness (QED) is 0.739. The minimum absolute atomic E-state index is 0.0758. The molecule has 2 N–H and O–H groups in total. The highest BCUT2D eigenvalue weighted by Crippen LogP contribution is 2.57. The lowest BCUT2D eigenvalue weighted by molar-refractivity contribution is -0.194. The van der Waals surface area contributed by atoms with Gasteiger partial charge >= 0.3 is 0 Å². The largest absolute Gasteiger partial charge is 0.390 e. The number of hydrogen-bond acceptors (Lipinski definition) is 2. The van der Waals surface area contributed by atoms with Crippen molar-refractivity contribution in [3.05, 3.63) is 0 Å². The van der Waals surface area contributed by atoms with Crippen LogP contribution in [0.5, 0.6) is 0 Å². The average molecular weight is 240 g/mol. The smallest absolute Gasteiger partial charge is 0.0730 e. The van der Waals surface area contributed by atoms with Crippen molar-refractivity contribution in [2.24, 2.45) is 17.3 Å². The fourth-order valence-electron chi connectivity index (χ4n) is 4.21. The molecule has 2 nitrogen and oxygen atoms in total. The number of hydrogen-bond donors (Lipinski definition) is 2. The summed E-state index contributed by atoms with van der Waals surface area (Å²) < 4.78 is 0. The first-order valence-corrected chi connectivity index (χ1v) is 7.14. The van der Waals surface area contributed by atoms with Crippen LogP contribution < -0.4 is 0 Å². The fraction of sp³-hybridized carbons (Fsp3) is 1.00. The molecule has 0 aliphatic heterocycles. The monoisotopic (exact) mass is 240 g/mol. The molecule has 0 aromatic rings. The molecule has 0 unspecified atom stereocenters. The summed E-state index contributed by atoms with van der Waals surface area (Å²) in [6.45, 7) is 8.21. The summed E-state index contributed by atoms with van der Waals surface area (Å²) in [5.74, 6) is 0.604. The van der Waals surface area contributed by atoms with E-state index >= 15 is 0 Å². The van der Waals surface area contributed by atoms with Crippen LogP contribution in [0.15, 0.2) is 0 Å². The van der Waals surface area contributed by atoms with Crippen LogP contribution in [0.3, 0.4) is 0 Å². The minimum Gasteiger partial charge on any atom is -0.390 e. The highest BCUT2D eigenvalue weighted by molar-refractivity contribution is 5.07. The molecule has 17 heavy (non-hydrogen) atoms. The average Bonchev–Trinajstić information content (AvgIpc) is 2.19. The van der Waals surface area contributed by atoms with E-state index in [2.05, 4.69) is 13.8 Å². The Balaban J connectivity index is 2.25. The van der Waals surface area contributed by atoms with Crippen LogP contribution in [0.2, 0.25) is 0 Å². The molecule has 2 aliphatic carbocycles. The van der Waals surface area contributed by atoms with E-state index in [4.69, 9.17) is 0 Å². The highest BCUT2D eigenvalue weighted by Gasteiger charge is 2.56. The van der Waals surface area contributed by atoms with Crippen molar-refractivity contribution in [3.8, 4) is 0 Å². The molecule has 100 valence electrons. The lowest BCUT2D eigenvalue weighted by Crippen LogP contribution is -2.59.